The van der Waals surface area contributed by atoms with Crippen molar-refractivity contribution in [3.63, 3.8) is 0 Å². The van der Waals surface area contributed by atoms with Crippen LogP contribution in [-0.2, 0) is 9.59 Å². The fourth-order valence-electron chi connectivity index (χ4n) is 4.31. The van der Waals surface area contributed by atoms with E-state index in [1.807, 2.05) is 33.3 Å². The normalized spacial score (nSPS) is 29.9. The summed E-state index contributed by atoms with van der Waals surface area (Å²) in [6.45, 7) is 13.4. The van der Waals surface area contributed by atoms with E-state index in [9.17, 15) is 9.59 Å². The van der Waals surface area contributed by atoms with E-state index in [0.29, 0.717) is 13.0 Å². The molecule has 0 aromatic carbocycles. The SMILES string of the molecule is CC1(C)CN(C(=O)CC2(C(=O)N3CCSC(C)(C)C3)CCNC2)CCS1.Cl. The summed E-state index contributed by atoms with van der Waals surface area (Å²) < 4.78 is 0.201. The van der Waals surface area contributed by atoms with Gasteiger partial charge in [-0.15, -0.1) is 12.4 Å². The van der Waals surface area contributed by atoms with Crippen molar-refractivity contribution in [2.45, 2.75) is 50.0 Å². The van der Waals surface area contributed by atoms with Gasteiger partial charge in [-0.25, -0.2) is 0 Å². The van der Waals surface area contributed by atoms with Crippen LogP contribution in [0, 0.1) is 5.41 Å². The number of hydrogen-bond acceptors (Lipinski definition) is 5. The first-order valence-corrected chi connectivity index (χ1v) is 11.7. The minimum Gasteiger partial charge on any atom is -0.340 e. The molecule has 0 aromatic rings. The Morgan fingerprint density at radius 3 is 2.04 bits per heavy atom. The summed E-state index contributed by atoms with van der Waals surface area (Å²) in [4.78, 5) is 30.5. The number of amides is 2. The second-order valence-corrected chi connectivity index (χ2v) is 12.7. The third-order valence-electron chi connectivity index (χ3n) is 5.68. The standard InChI is InChI=1S/C19H33N3O2S2.ClH/c1-17(2)13-21(7-9-25-17)15(23)11-19(5-6-20-12-19)16(24)22-8-10-26-18(3,4)14-22;/h20H,5-14H2,1-4H3;1H. The molecule has 156 valence electrons. The zero-order valence-electron chi connectivity index (χ0n) is 17.0. The van der Waals surface area contributed by atoms with Gasteiger partial charge in [-0.1, -0.05) is 0 Å². The van der Waals surface area contributed by atoms with Gasteiger partial charge in [0.1, 0.15) is 0 Å². The highest BCUT2D eigenvalue weighted by Crippen LogP contribution is 2.38. The maximum absolute atomic E-state index is 13.5. The van der Waals surface area contributed by atoms with Crippen LogP contribution in [0.5, 0.6) is 0 Å². The van der Waals surface area contributed by atoms with Crippen LogP contribution in [0.3, 0.4) is 0 Å². The van der Waals surface area contributed by atoms with E-state index in [4.69, 9.17) is 0 Å². The van der Waals surface area contributed by atoms with Crippen LogP contribution in [-0.4, -0.2) is 81.9 Å². The molecule has 3 rings (SSSR count). The summed E-state index contributed by atoms with van der Waals surface area (Å²) in [5, 5.41) is 3.35. The number of hydrogen-bond donors (Lipinski definition) is 1. The number of carbonyl (C=O) groups excluding carboxylic acids is 2. The Kier molecular flexibility index (Phi) is 7.48. The first kappa shape index (κ1) is 23.2. The molecule has 0 spiro atoms. The highest BCUT2D eigenvalue weighted by atomic mass is 35.5. The Labute approximate surface area is 178 Å². The number of carbonyl (C=O) groups is 2. The van der Waals surface area contributed by atoms with Gasteiger partial charge in [0.25, 0.3) is 0 Å². The number of nitrogens with zero attached hydrogens (tertiary/aromatic N) is 2. The zero-order chi connectivity index (χ0) is 19.0. The lowest BCUT2D eigenvalue weighted by atomic mass is 9.81. The van der Waals surface area contributed by atoms with Crippen LogP contribution in [0.2, 0.25) is 0 Å². The largest absolute Gasteiger partial charge is 0.340 e. The minimum absolute atomic E-state index is 0. The topological polar surface area (TPSA) is 52.7 Å². The number of halogens is 1. The molecule has 27 heavy (non-hydrogen) atoms. The van der Waals surface area contributed by atoms with Gasteiger partial charge < -0.3 is 15.1 Å². The molecule has 1 atom stereocenters. The predicted molar refractivity (Wildman–Crippen MR) is 118 cm³/mol. The Bertz CT molecular complexity index is 565. The van der Waals surface area contributed by atoms with E-state index in [1.165, 1.54) is 0 Å². The van der Waals surface area contributed by atoms with Crippen molar-refractivity contribution >= 4 is 47.7 Å². The van der Waals surface area contributed by atoms with Crippen LogP contribution < -0.4 is 5.32 Å². The second-order valence-electron chi connectivity index (χ2n) is 9.14. The van der Waals surface area contributed by atoms with Crippen molar-refractivity contribution in [2.24, 2.45) is 5.41 Å². The van der Waals surface area contributed by atoms with Crippen molar-refractivity contribution < 1.29 is 9.59 Å². The van der Waals surface area contributed by atoms with Crippen LogP contribution in [0.15, 0.2) is 0 Å². The van der Waals surface area contributed by atoms with Gasteiger partial charge in [-0.3, -0.25) is 9.59 Å². The second kappa shape index (κ2) is 8.72. The molecular formula is C19H34ClN3O2S2. The Hall–Kier alpha value is -0.110. The third-order valence-corrected chi connectivity index (χ3v) is 8.27. The summed E-state index contributed by atoms with van der Waals surface area (Å²) in [5.74, 6) is 2.30. The van der Waals surface area contributed by atoms with Crippen molar-refractivity contribution in [3.05, 3.63) is 0 Å². The summed E-state index contributed by atoms with van der Waals surface area (Å²) in [6.07, 6.45) is 1.12. The fourth-order valence-corrected chi connectivity index (χ4v) is 6.53. The minimum atomic E-state index is -0.552. The molecule has 1 unspecified atom stereocenters. The van der Waals surface area contributed by atoms with E-state index in [1.54, 1.807) is 0 Å². The van der Waals surface area contributed by atoms with Crippen LogP contribution >= 0.6 is 35.9 Å². The first-order chi connectivity index (χ1) is 12.1. The van der Waals surface area contributed by atoms with Crippen molar-refractivity contribution in [3.8, 4) is 0 Å². The van der Waals surface area contributed by atoms with Crippen molar-refractivity contribution in [2.75, 3.05) is 50.8 Å². The molecule has 0 radical (unpaired) electrons. The van der Waals surface area contributed by atoms with Gasteiger partial charge in [0.2, 0.25) is 11.8 Å². The Balaban J connectivity index is 0.00000261. The molecule has 5 nitrogen and oxygen atoms in total. The van der Waals surface area contributed by atoms with E-state index < -0.39 is 5.41 Å². The zero-order valence-corrected chi connectivity index (χ0v) is 19.5. The Morgan fingerprint density at radius 2 is 1.52 bits per heavy atom. The molecule has 0 aromatic heterocycles. The number of rotatable bonds is 3. The quantitative estimate of drug-likeness (QED) is 0.738. The summed E-state index contributed by atoms with van der Waals surface area (Å²) >= 11 is 3.86. The van der Waals surface area contributed by atoms with E-state index in [-0.39, 0.29) is 33.7 Å². The van der Waals surface area contributed by atoms with Crippen molar-refractivity contribution in [1.29, 1.82) is 0 Å². The molecule has 3 aliphatic heterocycles. The molecule has 3 heterocycles. The van der Waals surface area contributed by atoms with Gasteiger partial charge in [0, 0.05) is 60.1 Å². The molecule has 3 fully saturated rings. The van der Waals surface area contributed by atoms with Gasteiger partial charge >= 0.3 is 0 Å². The van der Waals surface area contributed by atoms with Gasteiger partial charge in [-0.2, -0.15) is 23.5 Å². The van der Waals surface area contributed by atoms with Crippen LogP contribution in [0.4, 0.5) is 0 Å². The van der Waals surface area contributed by atoms with Crippen molar-refractivity contribution in [1.82, 2.24) is 15.1 Å². The summed E-state index contributed by atoms with van der Waals surface area (Å²) in [5.41, 5.74) is -0.552. The molecule has 3 saturated heterocycles. The third kappa shape index (κ3) is 5.49. The average Bonchev–Trinajstić information content (AvgIpc) is 3.02. The van der Waals surface area contributed by atoms with Gasteiger partial charge in [-0.05, 0) is 40.7 Å². The summed E-state index contributed by atoms with van der Waals surface area (Å²) in [6, 6.07) is 0. The molecular weight excluding hydrogens is 402 g/mol. The molecule has 1 N–H and O–H groups in total. The molecule has 2 amide bonds. The highest BCUT2D eigenvalue weighted by Gasteiger charge is 2.47. The maximum Gasteiger partial charge on any atom is 0.230 e. The lowest BCUT2D eigenvalue weighted by Crippen LogP contribution is -2.54. The molecule has 0 aliphatic carbocycles. The molecule has 3 aliphatic rings. The molecule has 0 saturated carbocycles. The molecule has 0 bridgehead atoms. The smallest absolute Gasteiger partial charge is 0.230 e. The monoisotopic (exact) mass is 435 g/mol. The average molecular weight is 436 g/mol. The number of thioether (sulfide) groups is 2. The Morgan fingerprint density at radius 1 is 0.963 bits per heavy atom. The number of nitrogens with one attached hydrogen (secondary N) is 1. The lowest BCUT2D eigenvalue weighted by molar-refractivity contribution is -0.147. The first-order valence-electron chi connectivity index (χ1n) is 9.68. The van der Waals surface area contributed by atoms with E-state index in [2.05, 4.69) is 33.0 Å². The molecule has 8 heteroatoms. The lowest BCUT2D eigenvalue weighted by Gasteiger charge is -2.43. The summed E-state index contributed by atoms with van der Waals surface area (Å²) in [7, 11) is 0. The van der Waals surface area contributed by atoms with Crippen LogP contribution in [0.1, 0.15) is 40.5 Å². The van der Waals surface area contributed by atoms with E-state index in [0.717, 1.165) is 50.7 Å². The van der Waals surface area contributed by atoms with Crippen LogP contribution in [0.25, 0.3) is 0 Å². The fraction of sp³-hybridized carbons (Fsp3) is 0.895. The van der Waals surface area contributed by atoms with Gasteiger partial charge in [0.05, 0.1) is 5.41 Å². The maximum atomic E-state index is 13.5. The van der Waals surface area contributed by atoms with E-state index >= 15 is 0 Å². The highest BCUT2D eigenvalue weighted by molar-refractivity contribution is 8.00. The predicted octanol–water partition coefficient (Wildman–Crippen LogP) is 2.49. The van der Waals surface area contributed by atoms with Gasteiger partial charge in [0.15, 0.2) is 0 Å².